The zero-order valence-electron chi connectivity index (χ0n) is 15.0. The highest BCUT2D eigenvalue weighted by molar-refractivity contribution is 7.89. The lowest BCUT2D eigenvalue weighted by Crippen LogP contribution is -2.17. The highest BCUT2D eigenvalue weighted by Gasteiger charge is 2.06. The van der Waals surface area contributed by atoms with Crippen LogP contribution in [0, 0.1) is 0 Å². The molecule has 0 aliphatic carbocycles. The fourth-order valence-electron chi connectivity index (χ4n) is 2.47. The van der Waals surface area contributed by atoms with Gasteiger partial charge in [0.1, 0.15) is 5.75 Å². The largest absolute Gasteiger partial charge is 0.424 e. The number of ether oxygens (including phenoxy) is 1. The van der Waals surface area contributed by atoms with Crippen molar-refractivity contribution < 1.29 is 13.2 Å². The van der Waals surface area contributed by atoms with E-state index in [-0.39, 0.29) is 17.3 Å². The average molecular weight is 421 g/mol. The molecule has 148 valence electrons. The van der Waals surface area contributed by atoms with Gasteiger partial charge in [-0.15, -0.1) is 12.4 Å². The van der Waals surface area contributed by atoms with E-state index in [0.29, 0.717) is 18.3 Å². The second-order valence-electron chi connectivity index (χ2n) is 5.90. The molecule has 0 atom stereocenters. The van der Waals surface area contributed by atoms with Crippen molar-refractivity contribution in [1.29, 1.82) is 0 Å². The molecule has 28 heavy (non-hydrogen) atoms. The fraction of sp³-hybridized carbons (Fsp3) is 0.158. The van der Waals surface area contributed by atoms with Gasteiger partial charge in [-0.25, -0.2) is 23.5 Å². The van der Waals surface area contributed by atoms with Gasteiger partial charge >= 0.3 is 6.01 Å². The molecule has 0 saturated heterocycles. The van der Waals surface area contributed by atoms with Crippen LogP contribution in [-0.2, 0) is 23.0 Å². The van der Waals surface area contributed by atoms with Crippen molar-refractivity contribution in [2.75, 3.05) is 6.54 Å². The summed E-state index contributed by atoms with van der Waals surface area (Å²) in [6.07, 6.45) is 4.03. The van der Waals surface area contributed by atoms with Crippen molar-refractivity contribution in [2.45, 2.75) is 17.9 Å². The van der Waals surface area contributed by atoms with E-state index < -0.39 is 10.0 Å². The topological polar surface area (TPSA) is 107 Å². The van der Waals surface area contributed by atoms with Gasteiger partial charge in [-0.05, 0) is 54.4 Å². The van der Waals surface area contributed by atoms with Crippen LogP contribution in [-0.4, -0.2) is 24.9 Å². The minimum atomic E-state index is -3.64. The van der Waals surface area contributed by atoms with E-state index in [1.165, 1.54) is 12.1 Å². The lowest BCUT2D eigenvalue weighted by Gasteiger charge is -2.08. The Kier molecular flexibility index (Phi) is 7.89. The minimum Gasteiger partial charge on any atom is -0.424 e. The first-order chi connectivity index (χ1) is 13.0. The molecule has 1 aromatic heterocycles. The van der Waals surface area contributed by atoms with Crippen LogP contribution in [0.2, 0.25) is 0 Å². The first-order valence-electron chi connectivity index (χ1n) is 8.37. The number of rotatable bonds is 8. The predicted octanol–water partition coefficient (Wildman–Crippen LogP) is 2.67. The van der Waals surface area contributed by atoms with E-state index in [1.54, 1.807) is 30.6 Å². The average Bonchev–Trinajstić information content (AvgIpc) is 2.66. The molecule has 0 unspecified atom stereocenters. The maximum absolute atomic E-state index is 11.3. The van der Waals surface area contributed by atoms with Crippen molar-refractivity contribution in [3.8, 4) is 11.8 Å². The quantitative estimate of drug-likeness (QED) is 0.542. The van der Waals surface area contributed by atoms with Crippen LogP contribution in [0.3, 0.4) is 0 Å². The fourth-order valence-corrected chi connectivity index (χ4v) is 2.99. The molecular weight excluding hydrogens is 400 g/mol. The highest BCUT2D eigenvalue weighted by Crippen LogP contribution is 2.18. The summed E-state index contributed by atoms with van der Waals surface area (Å²) < 4.78 is 28.1. The van der Waals surface area contributed by atoms with Crippen molar-refractivity contribution in [3.05, 3.63) is 78.1 Å². The normalized spacial score (nSPS) is 10.9. The molecule has 3 rings (SSSR count). The van der Waals surface area contributed by atoms with E-state index in [2.05, 4.69) is 15.3 Å². The Balaban J connectivity index is 0.00000280. The van der Waals surface area contributed by atoms with Crippen molar-refractivity contribution in [2.24, 2.45) is 5.14 Å². The summed E-state index contributed by atoms with van der Waals surface area (Å²) in [5.41, 5.74) is 2.11. The number of sulfonamides is 1. The van der Waals surface area contributed by atoms with Gasteiger partial charge in [0.15, 0.2) is 0 Å². The third kappa shape index (κ3) is 6.58. The Labute approximate surface area is 170 Å². The van der Waals surface area contributed by atoms with Crippen LogP contribution in [0.15, 0.2) is 71.9 Å². The summed E-state index contributed by atoms with van der Waals surface area (Å²) in [5.74, 6) is 0.680. The van der Waals surface area contributed by atoms with Crippen molar-refractivity contribution >= 4 is 22.4 Å². The van der Waals surface area contributed by atoms with Crippen molar-refractivity contribution in [3.63, 3.8) is 0 Å². The Morgan fingerprint density at radius 3 is 2.36 bits per heavy atom. The summed E-state index contributed by atoms with van der Waals surface area (Å²) in [7, 11) is -3.64. The molecule has 0 aliphatic rings. The Hall–Kier alpha value is -2.52. The number of hydrogen-bond acceptors (Lipinski definition) is 6. The summed E-state index contributed by atoms with van der Waals surface area (Å²) in [4.78, 5) is 8.20. The van der Waals surface area contributed by atoms with E-state index in [0.717, 1.165) is 24.1 Å². The third-order valence-electron chi connectivity index (χ3n) is 3.82. The number of hydrogen-bond donors (Lipinski definition) is 2. The number of benzene rings is 2. The van der Waals surface area contributed by atoms with Crippen molar-refractivity contribution in [1.82, 2.24) is 15.3 Å². The lowest BCUT2D eigenvalue weighted by atomic mass is 10.1. The molecule has 3 aromatic rings. The van der Waals surface area contributed by atoms with Crippen LogP contribution < -0.4 is 15.2 Å². The van der Waals surface area contributed by atoms with Gasteiger partial charge in [0, 0.05) is 18.9 Å². The maximum atomic E-state index is 11.3. The molecule has 2 aromatic carbocycles. The highest BCUT2D eigenvalue weighted by atomic mass is 35.5. The van der Waals surface area contributed by atoms with Gasteiger partial charge in [0.25, 0.3) is 0 Å². The molecular formula is C19H21ClN4O3S. The van der Waals surface area contributed by atoms with Gasteiger partial charge in [-0.3, -0.25) is 0 Å². The molecule has 1 heterocycles. The van der Waals surface area contributed by atoms with E-state index in [9.17, 15) is 8.42 Å². The van der Waals surface area contributed by atoms with Crippen LogP contribution in [0.5, 0.6) is 11.8 Å². The molecule has 0 aliphatic heterocycles. The number of nitrogens with two attached hydrogens (primary N) is 1. The number of nitrogens with zero attached hydrogens (tertiary/aromatic N) is 2. The Morgan fingerprint density at radius 2 is 1.68 bits per heavy atom. The third-order valence-corrected chi connectivity index (χ3v) is 4.75. The number of halogens is 1. The molecule has 0 fully saturated rings. The van der Waals surface area contributed by atoms with Gasteiger partial charge in [0.05, 0.1) is 4.90 Å². The minimum absolute atomic E-state index is 0. The Morgan fingerprint density at radius 1 is 0.964 bits per heavy atom. The zero-order valence-corrected chi connectivity index (χ0v) is 16.6. The number of nitrogens with one attached hydrogen (secondary N) is 1. The molecule has 0 bridgehead atoms. The standard InChI is InChI=1S/C19H20N4O3S.ClH/c20-27(24,25)18-7-5-15(6-8-18)9-12-21-14-16-3-1-4-17(13-16)26-19-22-10-2-11-23-19;/h1-8,10-11,13,21H,9,12,14H2,(H2,20,24,25);1H. The van der Waals surface area contributed by atoms with E-state index in [1.807, 2.05) is 24.3 Å². The second-order valence-corrected chi connectivity index (χ2v) is 7.46. The summed E-state index contributed by atoms with van der Waals surface area (Å²) >= 11 is 0. The zero-order chi connectivity index (χ0) is 19.1. The molecule has 0 radical (unpaired) electrons. The molecule has 3 N–H and O–H groups in total. The van der Waals surface area contributed by atoms with Crippen LogP contribution >= 0.6 is 12.4 Å². The van der Waals surface area contributed by atoms with Crippen LogP contribution in [0.1, 0.15) is 11.1 Å². The van der Waals surface area contributed by atoms with E-state index >= 15 is 0 Å². The first kappa shape index (κ1) is 21.8. The predicted molar refractivity (Wildman–Crippen MR) is 109 cm³/mol. The second kappa shape index (κ2) is 10.1. The SMILES string of the molecule is Cl.NS(=O)(=O)c1ccc(CCNCc2cccc(Oc3ncccn3)c2)cc1. The maximum Gasteiger partial charge on any atom is 0.321 e. The van der Waals surface area contributed by atoms with Crippen LogP contribution in [0.25, 0.3) is 0 Å². The Bertz CT molecular complexity index is 984. The molecule has 0 spiro atoms. The molecule has 9 heteroatoms. The van der Waals surface area contributed by atoms with Gasteiger partial charge in [-0.2, -0.15) is 0 Å². The first-order valence-corrected chi connectivity index (χ1v) is 9.91. The van der Waals surface area contributed by atoms with Gasteiger partial charge in [-0.1, -0.05) is 24.3 Å². The lowest BCUT2D eigenvalue weighted by molar-refractivity contribution is 0.441. The van der Waals surface area contributed by atoms with Gasteiger partial charge in [0.2, 0.25) is 10.0 Å². The summed E-state index contributed by atoms with van der Waals surface area (Å²) in [6.45, 7) is 1.43. The molecule has 7 nitrogen and oxygen atoms in total. The van der Waals surface area contributed by atoms with E-state index in [4.69, 9.17) is 9.88 Å². The monoisotopic (exact) mass is 420 g/mol. The summed E-state index contributed by atoms with van der Waals surface area (Å²) in [6, 6.07) is 16.4. The smallest absolute Gasteiger partial charge is 0.321 e. The molecule has 0 amide bonds. The van der Waals surface area contributed by atoms with Gasteiger partial charge < -0.3 is 10.1 Å². The number of aromatic nitrogens is 2. The summed E-state index contributed by atoms with van der Waals surface area (Å²) in [5, 5.41) is 8.45. The molecule has 0 saturated carbocycles. The number of primary sulfonamides is 1. The van der Waals surface area contributed by atoms with Crippen LogP contribution in [0.4, 0.5) is 0 Å².